The van der Waals surface area contributed by atoms with E-state index in [1.54, 1.807) is 24.3 Å². The molecular weight excluding hydrogens is 306 g/mol. The van der Waals surface area contributed by atoms with Gasteiger partial charge in [0.2, 0.25) is 0 Å². The summed E-state index contributed by atoms with van der Waals surface area (Å²) in [6, 6.07) is 6.52. The maximum atomic E-state index is 12.3. The third-order valence-corrected chi connectivity index (χ3v) is 3.73. The number of carbonyl (C=O) groups is 1. The molecule has 1 N–H and O–H groups in total. The number of rotatable bonds is 2. The molecule has 1 heterocycles. The first-order chi connectivity index (χ1) is 10.3. The third kappa shape index (κ3) is 4.12. The van der Waals surface area contributed by atoms with Crippen LogP contribution in [-0.2, 0) is 9.47 Å². The van der Waals surface area contributed by atoms with Crippen molar-refractivity contribution in [3.05, 3.63) is 34.9 Å². The van der Waals surface area contributed by atoms with Gasteiger partial charge in [0.05, 0.1) is 19.3 Å². The van der Waals surface area contributed by atoms with Crippen LogP contribution in [0.4, 0.5) is 4.79 Å². The number of ether oxygens (including phenoxy) is 2. The smallest absolute Gasteiger partial charge is 0.410 e. The number of carbonyl (C=O) groups excluding carboxylic acids is 1. The SMILES string of the molecule is CC(C)(C)OC(=O)N1CCOCC1C(O)c1ccccc1Cl. The van der Waals surface area contributed by atoms with Crippen LogP contribution in [-0.4, -0.2) is 47.5 Å². The van der Waals surface area contributed by atoms with E-state index >= 15 is 0 Å². The summed E-state index contributed by atoms with van der Waals surface area (Å²) in [4.78, 5) is 13.9. The van der Waals surface area contributed by atoms with Crippen molar-refractivity contribution in [2.75, 3.05) is 19.8 Å². The van der Waals surface area contributed by atoms with Crippen molar-refractivity contribution in [1.82, 2.24) is 4.90 Å². The van der Waals surface area contributed by atoms with E-state index in [0.717, 1.165) is 0 Å². The molecule has 0 saturated carbocycles. The van der Waals surface area contributed by atoms with E-state index < -0.39 is 23.8 Å². The maximum absolute atomic E-state index is 12.3. The molecule has 1 amide bonds. The zero-order valence-electron chi connectivity index (χ0n) is 13.1. The second kappa shape index (κ2) is 6.86. The number of hydrogen-bond acceptors (Lipinski definition) is 4. The van der Waals surface area contributed by atoms with Crippen molar-refractivity contribution >= 4 is 17.7 Å². The molecule has 1 fully saturated rings. The van der Waals surface area contributed by atoms with E-state index in [4.69, 9.17) is 21.1 Å². The van der Waals surface area contributed by atoms with Crippen LogP contribution in [0.3, 0.4) is 0 Å². The van der Waals surface area contributed by atoms with Crippen molar-refractivity contribution in [3.8, 4) is 0 Å². The Morgan fingerprint density at radius 1 is 1.45 bits per heavy atom. The van der Waals surface area contributed by atoms with Gasteiger partial charge in [0.25, 0.3) is 0 Å². The lowest BCUT2D eigenvalue weighted by Gasteiger charge is -2.39. The fourth-order valence-electron chi connectivity index (χ4n) is 2.35. The molecule has 2 atom stereocenters. The van der Waals surface area contributed by atoms with Crippen LogP contribution in [0, 0.1) is 0 Å². The molecule has 2 unspecified atom stereocenters. The Morgan fingerprint density at radius 3 is 2.77 bits per heavy atom. The Balaban J connectivity index is 2.19. The zero-order valence-corrected chi connectivity index (χ0v) is 13.8. The molecule has 1 aromatic carbocycles. The second-order valence-corrected chi connectivity index (χ2v) is 6.69. The molecule has 0 radical (unpaired) electrons. The number of aliphatic hydroxyl groups is 1. The van der Waals surface area contributed by atoms with Gasteiger partial charge < -0.3 is 14.6 Å². The largest absolute Gasteiger partial charge is 0.444 e. The van der Waals surface area contributed by atoms with Crippen LogP contribution in [0.15, 0.2) is 24.3 Å². The summed E-state index contributed by atoms with van der Waals surface area (Å²) < 4.78 is 10.8. The minimum absolute atomic E-state index is 0.242. The quantitative estimate of drug-likeness (QED) is 0.907. The van der Waals surface area contributed by atoms with Gasteiger partial charge in [-0.15, -0.1) is 0 Å². The Morgan fingerprint density at radius 2 is 2.14 bits per heavy atom. The van der Waals surface area contributed by atoms with E-state index in [-0.39, 0.29) is 6.61 Å². The molecule has 1 saturated heterocycles. The zero-order chi connectivity index (χ0) is 16.3. The molecule has 1 aromatic rings. The monoisotopic (exact) mass is 327 g/mol. The molecule has 122 valence electrons. The summed E-state index contributed by atoms with van der Waals surface area (Å²) >= 11 is 6.14. The number of benzene rings is 1. The first-order valence-electron chi connectivity index (χ1n) is 7.29. The highest BCUT2D eigenvalue weighted by Gasteiger charge is 2.36. The Hall–Kier alpha value is -1.30. The van der Waals surface area contributed by atoms with Crippen molar-refractivity contribution in [2.24, 2.45) is 0 Å². The highest BCUT2D eigenvalue weighted by atomic mass is 35.5. The normalized spacial score (nSPS) is 20.6. The first kappa shape index (κ1) is 17.1. The molecule has 0 bridgehead atoms. The van der Waals surface area contributed by atoms with E-state index in [1.165, 1.54) is 4.90 Å². The fraction of sp³-hybridized carbons (Fsp3) is 0.562. The van der Waals surface area contributed by atoms with Gasteiger partial charge >= 0.3 is 6.09 Å². The van der Waals surface area contributed by atoms with Gasteiger partial charge in [-0.2, -0.15) is 0 Å². The number of hydrogen-bond donors (Lipinski definition) is 1. The van der Waals surface area contributed by atoms with Crippen LogP contribution in [0.5, 0.6) is 0 Å². The molecule has 2 rings (SSSR count). The van der Waals surface area contributed by atoms with Gasteiger partial charge in [-0.1, -0.05) is 29.8 Å². The number of halogens is 1. The molecule has 0 spiro atoms. The number of nitrogens with zero attached hydrogens (tertiary/aromatic N) is 1. The van der Waals surface area contributed by atoms with Crippen LogP contribution in [0.1, 0.15) is 32.4 Å². The van der Waals surface area contributed by atoms with E-state index in [9.17, 15) is 9.90 Å². The average molecular weight is 328 g/mol. The van der Waals surface area contributed by atoms with Crippen molar-refractivity contribution in [2.45, 2.75) is 38.5 Å². The average Bonchev–Trinajstić information content (AvgIpc) is 2.45. The van der Waals surface area contributed by atoms with E-state index in [1.807, 2.05) is 20.8 Å². The van der Waals surface area contributed by atoms with E-state index in [0.29, 0.717) is 23.7 Å². The molecule has 22 heavy (non-hydrogen) atoms. The predicted octanol–water partition coefficient (Wildman–Crippen LogP) is 3.01. The van der Waals surface area contributed by atoms with Crippen molar-refractivity contribution in [1.29, 1.82) is 0 Å². The van der Waals surface area contributed by atoms with Crippen LogP contribution in [0.25, 0.3) is 0 Å². The highest BCUT2D eigenvalue weighted by molar-refractivity contribution is 6.31. The molecule has 1 aliphatic heterocycles. The molecule has 0 aliphatic carbocycles. The van der Waals surface area contributed by atoms with Gasteiger partial charge in [-0.25, -0.2) is 4.79 Å². The summed E-state index contributed by atoms with van der Waals surface area (Å²) in [5.41, 5.74) is -0.0110. The summed E-state index contributed by atoms with van der Waals surface area (Å²) in [6.07, 6.45) is -1.38. The van der Waals surface area contributed by atoms with Crippen LogP contribution in [0.2, 0.25) is 5.02 Å². The maximum Gasteiger partial charge on any atom is 0.410 e. The number of morpholine rings is 1. The highest BCUT2D eigenvalue weighted by Crippen LogP contribution is 2.29. The summed E-state index contributed by atoms with van der Waals surface area (Å²) in [5.74, 6) is 0. The molecule has 1 aliphatic rings. The Kier molecular flexibility index (Phi) is 5.32. The standard InChI is InChI=1S/C16H22ClNO4/c1-16(2,3)22-15(20)18-8-9-21-10-13(18)14(19)11-6-4-5-7-12(11)17/h4-7,13-14,19H,8-10H2,1-3H3. The minimum Gasteiger partial charge on any atom is -0.444 e. The first-order valence-corrected chi connectivity index (χ1v) is 7.67. The molecule has 5 nitrogen and oxygen atoms in total. The Labute approximate surface area is 135 Å². The lowest BCUT2D eigenvalue weighted by Crippen LogP contribution is -2.52. The van der Waals surface area contributed by atoms with Crippen LogP contribution < -0.4 is 0 Å². The van der Waals surface area contributed by atoms with Crippen LogP contribution >= 0.6 is 11.6 Å². The van der Waals surface area contributed by atoms with E-state index in [2.05, 4.69) is 0 Å². The van der Waals surface area contributed by atoms with Gasteiger partial charge in [-0.05, 0) is 26.8 Å². The Bertz CT molecular complexity index is 529. The third-order valence-electron chi connectivity index (χ3n) is 3.38. The number of amides is 1. The van der Waals surface area contributed by atoms with Gasteiger partial charge in [0.15, 0.2) is 0 Å². The second-order valence-electron chi connectivity index (χ2n) is 6.28. The molecule has 6 heteroatoms. The van der Waals surface area contributed by atoms with Gasteiger partial charge in [0, 0.05) is 17.1 Å². The minimum atomic E-state index is -0.929. The lowest BCUT2D eigenvalue weighted by atomic mass is 10.0. The van der Waals surface area contributed by atoms with Crippen molar-refractivity contribution < 1.29 is 19.4 Å². The fourth-order valence-corrected chi connectivity index (χ4v) is 2.60. The lowest BCUT2D eigenvalue weighted by molar-refractivity contribution is -0.0672. The summed E-state index contributed by atoms with van der Waals surface area (Å²) in [5, 5.41) is 11.1. The van der Waals surface area contributed by atoms with Gasteiger partial charge in [0.1, 0.15) is 11.7 Å². The van der Waals surface area contributed by atoms with Crippen molar-refractivity contribution in [3.63, 3.8) is 0 Å². The summed E-state index contributed by atoms with van der Waals surface area (Å²) in [6.45, 7) is 6.47. The molecule has 0 aromatic heterocycles. The number of aliphatic hydroxyl groups excluding tert-OH is 1. The molecular formula is C16H22ClNO4. The predicted molar refractivity (Wildman–Crippen MR) is 84.0 cm³/mol. The van der Waals surface area contributed by atoms with Gasteiger partial charge in [-0.3, -0.25) is 4.90 Å². The summed E-state index contributed by atoms with van der Waals surface area (Å²) in [7, 11) is 0. The topological polar surface area (TPSA) is 59.0 Å².